The minimum Gasteiger partial charge on any atom is -0.493 e. The molecule has 2 aromatic rings. The second-order valence-electron chi connectivity index (χ2n) is 7.75. The maximum Gasteiger partial charge on any atom is 0.295 e. The Labute approximate surface area is 178 Å². The number of hydrazone groups is 1. The standard InChI is InChI=1S/C23H30N4O3/c1-18-4-6-19(7-5-18)16-26-10-12-27(13-11-26)17-23(28)25-24-15-20-8-9-21(29-2)22(14-20)30-3/h4-9,14-15H,10-13,16-17H2,1-3H3,(H,25,28)/p+2/b24-15-. The van der Waals surface area contributed by atoms with Gasteiger partial charge in [-0.1, -0.05) is 29.8 Å². The Hall–Kier alpha value is -2.90. The van der Waals surface area contributed by atoms with E-state index in [0.717, 1.165) is 38.3 Å². The van der Waals surface area contributed by atoms with Crippen LogP contribution in [-0.4, -0.2) is 59.1 Å². The molecular weight excluding hydrogens is 380 g/mol. The Morgan fingerprint density at radius 3 is 2.33 bits per heavy atom. The van der Waals surface area contributed by atoms with Gasteiger partial charge in [0.15, 0.2) is 18.0 Å². The van der Waals surface area contributed by atoms with E-state index in [1.54, 1.807) is 25.3 Å². The van der Waals surface area contributed by atoms with Gasteiger partial charge in [0.05, 0.1) is 20.4 Å². The lowest BCUT2D eigenvalue weighted by atomic mass is 10.1. The van der Waals surface area contributed by atoms with Crippen LogP contribution in [0.3, 0.4) is 0 Å². The summed E-state index contributed by atoms with van der Waals surface area (Å²) in [5, 5.41) is 4.08. The van der Waals surface area contributed by atoms with E-state index in [1.807, 2.05) is 18.2 Å². The van der Waals surface area contributed by atoms with Gasteiger partial charge in [-0.25, -0.2) is 5.43 Å². The number of carbonyl (C=O) groups excluding carboxylic acids is 1. The Morgan fingerprint density at radius 1 is 1.00 bits per heavy atom. The normalized spacial score (nSPS) is 18.9. The van der Waals surface area contributed by atoms with Crippen LogP contribution in [-0.2, 0) is 11.3 Å². The van der Waals surface area contributed by atoms with Gasteiger partial charge in [-0.05, 0) is 30.7 Å². The first kappa shape index (κ1) is 21.8. The molecule has 160 valence electrons. The molecule has 7 heteroatoms. The van der Waals surface area contributed by atoms with Crippen LogP contribution in [0.4, 0.5) is 0 Å². The molecule has 7 nitrogen and oxygen atoms in total. The molecule has 0 saturated carbocycles. The van der Waals surface area contributed by atoms with Crippen LogP contribution in [0.5, 0.6) is 11.5 Å². The molecule has 0 atom stereocenters. The Balaban J connectivity index is 1.40. The second-order valence-corrected chi connectivity index (χ2v) is 7.75. The van der Waals surface area contributed by atoms with E-state index in [4.69, 9.17) is 9.47 Å². The molecule has 0 unspecified atom stereocenters. The first-order chi connectivity index (χ1) is 14.6. The number of benzene rings is 2. The molecule has 30 heavy (non-hydrogen) atoms. The van der Waals surface area contributed by atoms with Crippen molar-refractivity contribution in [2.75, 3.05) is 46.9 Å². The summed E-state index contributed by atoms with van der Waals surface area (Å²) in [5.41, 5.74) is 6.13. The molecule has 0 bridgehead atoms. The Bertz CT molecular complexity index is 859. The van der Waals surface area contributed by atoms with Gasteiger partial charge >= 0.3 is 0 Å². The summed E-state index contributed by atoms with van der Waals surface area (Å²) in [6, 6.07) is 14.3. The van der Waals surface area contributed by atoms with Gasteiger partial charge in [-0.15, -0.1) is 0 Å². The number of amides is 1. The van der Waals surface area contributed by atoms with E-state index < -0.39 is 0 Å². The van der Waals surface area contributed by atoms with Gasteiger partial charge in [-0.2, -0.15) is 5.10 Å². The van der Waals surface area contributed by atoms with E-state index in [1.165, 1.54) is 16.0 Å². The highest BCUT2D eigenvalue weighted by Gasteiger charge is 2.24. The van der Waals surface area contributed by atoms with E-state index in [-0.39, 0.29) is 5.91 Å². The Kier molecular flexibility index (Phi) is 7.82. The summed E-state index contributed by atoms with van der Waals surface area (Å²) >= 11 is 0. The molecule has 0 spiro atoms. The van der Waals surface area contributed by atoms with Crippen molar-refractivity contribution in [2.24, 2.45) is 5.10 Å². The lowest BCUT2D eigenvalue weighted by molar-refractivity contribution is -1.02. The van der Waals surface area contributed by atoms with Gasteiger partial charge < -0.3 is 19.3 Å². The van der Waals surface area contributed by atoms with Gasteiger partial charge in [0.2, 0.25) is 0 Å². The third kappa shape index (κ3) is 6.30. The number of methoxy groups -OCH3 is 2. The zero-order chi connectivity index (χ0) is 21.3. The number of nitrogens with zero attached hydrogens (tertiary/aromatic N) is 1. The lowest BCUT2D eigenvalue weighted by Gasteiger charge is -2.29. The second kappa shape index (κ2) is 10.8. The largest absolute Gasteiger partial charge is 0.493 e. The van der Waals surface area contributed by atoms with Crippen LogP contribution in [0.25, 0.3) is 0 Å². The summed E-state index contributed by atoms with van der Waals surface area (Å²) in [7, 11) is 3.18. The molecular formula is C23H32N4O3+2. The van der Waals surface area contributed by atoms with E-state index in [2.05, 4.69) is 41.7 Å². The van der Waals surface area contributed by atoms with Gasteiger partial charge in [0.25, 0.3) is 5.91 Å². The molecule has 3 N–H and O–H groups in total. The molecule has 1 saturated heterocycles. The number of ether oxygens (including phenoxy) is 2. The summed E-state index contributed by atoms with van der Waals surface area (Å²) in [5.74, 6) is 1.22. The van der Waals surface area contributed by atoms with Crippen molar-refractivity contribution in [1.82, 2.24) is 5.43 Å². The van der Waals surface area contributed by atoms with Crippen LogP contribution in [0.15, 0.2) is 47.6 Å². The highest BCUT2D eigenvalue weighted by molar-refractivity contribution is 5.83. The molecule has 1 aliphatic heterocycles. The third-order valence-corrected chi connectivity index (χ3v) is 5.46. The van der Waals surface area contributed by atoms with Crippen molar-refractivity contribution in [3.63, 3.8) is 0 Å². The number of hydrogen-bond donors (Lipinski definition) is 3. The van der Waals surface area contributed by atoms with Gasteiger partial charge in [-0.3, -0.25) is 4.79 Å². The predicted molar refractivity (Wildman–Crippen MR) is 116 cm³/mol. The first-order valence-corrected chi connectivity index (χ1v) is 10.3. The maximum atomic E-state index is 12.2. The summed E-state index contributed by atoms with van der Waals surface area (Å²) < 4.78 is 10.5. The molecule has 1 fully saturated rings. The van der Waals surface area contributed by atoms with E-state index >= 15 is 0 Å². The lowest BCUT2D eigenvalue weighted by Crippen LogP contribution is -3.28. The summed E-state index contributed by atoms with van der Waals surface area (Å²) in [4.78, 5) is 15.1. The Morgan fingerprint density at radius 2 is 1.67 bits per heavy atom. The highest BCUT2D eigenvalue weighted by Crippen LogP contribution is 2.26. The highest BCUT2D eigenvalue weighted by atomic mass is 16.5. The third-order valence-electron chi connectivity index (χ3n) is 5.46. The van der Waals surface area contributed by atoms with Crippen molar-refractivity contribution in [1.29, 1.82) is 0 Å². The predicted octanol–water partition coefficient (Wildman–Crippen LogP) is -0.554. The van der Waals surface area contributed by atoms with Crippen LogP contribution in [0.2, 0.25) is 0 Å². The molecule has 0 radical (unpaired) electrons. The average molecular weight is 413 g/mol. The monoisotopic (exact) mass is 412 g/mol. The fourth-order valence-corrected chi connectivity index (χ4v) is 3.68. The van der Waals surface area contributed by atoms with Crippen molar-refractivity contribution < 1.29 is 24.1 Å². The topological polar surface area (TPSA) is 68.8 Å². The SMILES string of the molecule is COc1ccc(/C=N\NC(=O)C[NH+]2CC[NH+](Cc3ccc(C)cc3)CC2)cc1OC. The fraction of sp³-hybridized carbons (Fsp3) is 0.391. The van der Waals surface area contributed by atoms with Crippen molar-refractivity contribution >= 4 is 12.1 Å². The first-order valence-electron chi connectivity index (χ1n) is 10.3. The van der Waals surface area contributed by atoms with Crippen molar-refractivity contribution in [2.45, 2.75) is 13.5 Å². The zero-order valence-corrected chi connectivity index (χ0v) is 18.0. The van der Waals surface area contributed by atoms with Crippen LogP contribution < -0.4 is 24.7 Å². The number of rotatable bonds is 8. The van der Waals surface area contributed by atoms with Gasteiger partial charge in [0.1, 0.15) is 32.7 Å². The number of nitrogens with one attached hydrogen (secondary N) is 3. The minimum absolute atomic E-state index is 0.0660. The molecule has 1 amide bonds. The summed E-state index contributed by atoms with van der Waals surface area (Å²) in [6.07, 6.45) is 1.61. The number of hydrogen-bond acceptors (Lipinski definition) is 4. The molecule has 2 aromatic carbocycles. The fourth-order valence-electron chi connectivity index (χ4n) is 3.68. The van der Waals surface area contributed by atoms with E-state index in [0.29, 0.717) is 18.0 Å². The molecule has 1 aliphatic rings. The smallest absolute Gasteiger partial charge is 0.295 e. The van der Waals surface area contributed by atoms with Crippen LogP contribution in [0, 0.1) is 6.92 Å². The minimum atomic E-state index is -0.0660. The molecule has 3 rings (SSSR count). The van der Waals surface area contributed by atoms with E-state index in [9.17, 15) is 4.79 Å². The number of quaternary nitrogens is 2. The maximum absolute atomic E-state index is 12.2. The summed E-state index contributed by atoms with van der Waals surface area (Å²) in [6.45, 7) is 7.75. The van der Waals surface area contributed by atoms with Crippen molar-refractivity contribution in [3.8, 4) is 11.5 Å². The van der Waals surface area contributed by atoms with Crippen molar-refractivity contribution in [3.05, 3.63) is 59.2 Å². The molecule has 0 aliphatic carbocycles. The average Bonchev–Trinajstić information content (AvgIpc) is 2.76. The molecule has 1 heterocycles. The van der Waals surface area contributed by atoms with Crippen LogP contribution >= 0.6 is 0 Å². The van der Waals surface area contributed by atoms with Crippen LogP contribution in [0.1, 0.15) is 16.7 Å². The number of piperazine rings is 1. The number of aryl methyl sites for hydroxylation is 1. The molecule has 0 aromatic heterocycles. The zero-order valence-electron chi connectivity index (χ0n) is 18.0. The number of carbonyl (C=O) groups is 1. The quantitative estimate of drug-likeness (QED) is 0.403. The van der Waals surface area contributed by atoms with Gasteiger partial charge in [0, 0.05) is 5.56 Å².